The molecule has 2 aromatic heterocycles. The monoisotopic (exact) mass is 351 g/mol. The van der Waals surface area contributed by atoms with Gasteiger partial charge < -0.3 is 15.6 Å². The molecule has 0 aliphatic carbocycles. The van der Waals surface area contributed by atoms with Crippen LogP contribution in [0.15, 0.2) is 30.3 Å². The molecule has 0 saturated heterocycles. The van der Waals surface area contributed by atoms with Gasteiger partial charge in [-0.25, -0.2) is 9.97 Å². The van der Waals surface area contributed by atoms with Crippen molar-refractivity contribution in [2.24, 2.45) is 0 Å². The number of benzene rings is 1. The van der Waals surface area contributed by atoms with Gasteiger partial charge in [-0.05, 0) is 25.8 Å². The number of aromatic nitrogens is 3. The highest BCUT2D eigenvalue weighted by Gasteiger charge is 2.16. The maximum atomic E-state index is 11.4. The number of hydrogen-bond acceptors (Lipinski definition) is 4. The second kappa shape index (κ2) is 7.56. The second-order valence-electron chi connectivity index (χ2n) is 6.55. The number of rotatable bonds is 6. The van der Waals surface area contributed by atoms with Crippen LogP contribution in [0.3, 0.4) is 0 Å². The van der Waals surface area contributed by atoms with Gasteiger partial charge >= 0.3 is 0 Å². The first-order chi connectivity index (χ1) is 12.5. The SMILES string of the molecule is CC[C@H](CNc1nc(-c2ccccc2)nc2[nH]c(C)c(C)c12)NC(C)=O. The Morgan fingerprint density at radius 2 is 1.92 bits per heavy atom. The van der Waals surface area contributed by atoms with Crippen molar-refractivity contribution in [2.45, 2.75) is 40.2 Å². The van der Waals surface area contributed by atoms with Crippen LogP contribution >= 0.6 is 0 Å². The minimum atomic E-state index is -0.0230. The van der Waals surface area contributed by atoms with Gasteiger partial charge in [0, 0.05) is 30.8 Å². The smallest absolute Gasteiger partial charge is 0.217 e. The third kappa shape index (κ3) is 3.69. The van der Waals surface area contributed by atoms with Gasteiger partial charge in [-0.2, -0.15) is 0 Å². The summed E-state index contributed by atoms with van der Waals surface area (Å²) in [5, 5.41) is 7.38. The zero-order valence-corrected chi connectivity index (χ0v) is 15.7. The standard InChI is InChI=1S/C20H25N5O/c1-5-16(23-14(4)26)11-21-19-17-12(2)13(3)22-20(17)25-18(24-19)15-9-7-6-8-10-15/h6-10,16H,5,11H2,1-4H3,(H,23,26)(H2,21,22,24,25)/t16-/m1/s1. The molecule has 0 fully saturated rings. The Labute approximate surface area is 153 Å². The summed E-state index contributed by atoms with van der Waals surface area (Å²) < 4.78 is 0. The topological polar surface area (TPSA) is 82.7 Å². The highest BCUT2D eigenvalue weighted by molar-refractivity contribution is 5.92. The van der Waals surface area contributed by atoms with E-state index in [9.17, 15) is 4.79 Å². The summed E-state index contributed by atoms with van der Waals surface area (Å²) in [6.45, 7) is 8.31. The van der Waals surface area contributed by atoms with Gasteiger partial charge in [-0.1, -0.05) is 37.3 Å². The fourth-order valence-corrected chi connectivity index (χ4v) is 3.01. The first kappa shape index (κ1) is 17.9. The number of carbonyl (C=O) groups excluding carboxylic acids is 1. The lowest BCUT2D eigenvalue weighted by Crippen LogP contribution is -2.38. The minimum absolute atomic E-state index is 0.0230. The van der Waals surface area contributed by atoms with Crippen molar-refractivity contribution >= 4 is 22.8 Å². The van der Waals surface area contributed by atoms with Crippen LogP contribution in [0.2, 0.25) is 0 Å². The molecule has 0 saturated carbocycles. The molecule has 26 heavy (non-hydrogen) atoms. The lowest BCUT2D eigenvalue weighted by atomic mass is 10.1. The molecule has 0 aliphatic rings. The first-order valence-electron chi connectivity index (χ1n) is 8.93. The van der Waals surface area contributed by atoms with E-state index in [2.05, 4.69) is 29.5 Å². The third-order valence-electron chi connectivity index (χ3n) is 4.60. The number of nitrogens with one attached hydrogen (secondary N) is 3. The first-order valence-corrected chi connectivity index (χ1v) is 8.93. The highest BCUT2D eigenvalue weighted by atomic mass is 16.1. The van der Waals surface area contributed by atoms with Gasteiger partial charge in [-0.15, -0.1) is 0 Å². The molecule has 0 unspecified atom stereocenters. The van der Waals surface area contributed by atoms with E-state index < -0.39 is 0 Å². The molecule has 1 atom stereocenters. The number of carbonyl (C=O) groups is 1. The minimum Gasteiger partial charge on any atom is -0.367 e. The molecule has 3 rings (SSSR count). The van der Waals surface area contributed by atoms with E-state index in [-0.39, 0.29) is 11.9 Å². The van der Waals surface area contributed by atoms with E-state index in [4.69, 9.17) is 9.97 Å². The highest BCUT2D eigenvalue weighted by Crippen LogP contribution is 2.29. The average Bonchev–Trinajstić information content (AvgIpc) is 2.93. The molecule has 3 aromatic rings. The zero-order valence-electron chi connectivity index (χ0n) is 15.7. The van der Waals surface area contributed by atoms with Crippen molar-refractivity contribution in [1.29, 1.82) is 0 Å². The van der Waals surface area contributed by atoms with Crippen LogP contribution < -0.4 is 10.6 Å². The molecule has 3 N–H and O–H groups in total. The number of hydrogen-bond donors (Lipinski definition) is 3. The van der Waals surface area contributed by atoms with E-state index in [0.29, 0.717) is 12.4 Å². The number of anilines is 1. The number of amides is 1. The summed E-state index contributed by atoms with van der Waals surface area (Å²) in [4.78, 5) is 24.2. The Kier molecular flexibility index (Phi) is 5.21. The molecule has 1 aromatic carbocycles. The van der Waals surface area contributed by atoms with Crippen molar-refractivity contribution in [1.82, 2.24) is 20.3 Å². The lowest BCUT2D eigenvalue weighted by molar-refractivity contribution is -0.119. The molecule has 0 spiro atoms. The van der Waals surface area contributed by atoms with Gasteiger partial charge in [-0.3, -0.25) is 4.79 Å². The molecule has 1 amide bonds. The van der Waals surface area contributed by atoms with Crippen LogP contribution in [0.5, 0.6) is 0 Å². The number of aromatic amines is 1. The fraction of sp³-hybridized carbons (Fsp3) is 0.350. The molecular formula is C20H25N5O. The third-order valence-corrected chi connectivity index (χ3v) is 4.60. The zero-order chi connectivity index (χ0) is 18.7. The van der Waals surface area contributed by atoms with Crippen molar-refractivity contribution in [3.05, 3.63) is 41.6 Å². The summed E-state index contributed by atoms with van der Waals surface area (Å²) in [5.41, 5.74) is 4.01. The van der Waals surface area contributed by atoms with E-state index in [1.807, 2.05) is 37.3 Å². The summed E-state index contributed by atoms with van der Waals surface area (Å²) in [5.74, 6) is 1.44. The van der Waals surface area contributed by atoms with Crippen LogP contribution in [0.25, 0.3) is 22.4 Å². The summed E-state index contributed by atoms with van der Waals surface area (Å²) >= 11 is 0. The van der Waals surface area contributed by atoms with E-state index in [1.165, 1.54) is 0 Å². The second-order valence-corrected chi connectivity index (χ2v) is 6.55. The van der Waals surface area contributed by atoms with Gasteiger partial charge in [0.15, 0.2) is 5.82 Å². The Balaban J connectivity index is 2.00. The molecule has 0 aliphatic heterocycles. The Hall–Kier alpha value is -2.89. The van der Waals surface area contributed by atoms with Crippen molar-refractivity contribution < 1.29 is 4.79 Å². The van der Waals surface area contributed by atoms with E-state index in [0.717, 1.165) is 40.1 Å². The van der Waals surface area contributed by atoms with Crippen molar-refractivity contribution in [3.8, 4) is 11.4 Å². The molecule has 0 bridgehead atoms. The molecule has 6 nitrogen and oxygen atoms in total. The largest absolute Gasteiger partial charge is 0.367 e. The molecule has 136 valence electrons. The number of H-pyrrole nitrogens is 1. The van der Waals surface area contributed by atoms with Crippen LogP contribution in [-0.2, 0) is 4.79 Å². The van der Waals surface area contributed by atoms with Gasteiger partial charge in [0.25, 0.3) is 0 Å². The summed E-state index contributed by atoms with van der Waals surface area (Å²) in [7, 11) is 0. The van der Waals surface area contributed by atoms with Gasteiger partial charge in [0.05, 0.1) is 5.39 Å². The van der Waals surface area contributed by atoms with Crippen molar-refractivity contribution in [2.75, 3.05) is 11.9 Å². The predicted octanol–water partition coefficient (Wildman–Crippen LogP) is 3.57. The van der Waals surface area contributed by atoms with Gasteiger partial charge in [0.1, 0.15) is 11.5 Å². The Morgan fingerprint density at radius 3 is 2.58 bits per heavy atom. The molecular weight excluding hydrogens is 326 g/mol. The van der Waals surface area contributed by atoms with Crippen LogP contribution in [-0.4, -0.2) is 33.4 Å². The van der Waals surface area contributed by atoms with Crippen LogP contribution in [0, 0.1) is 13.8 Å². The number of nitrogens with zero attached hydrogens (tertiary/aromatic N) is 2. The fourth-order valence-electron chi connectivity index (χ4n) is 3.01. The quantitative estimate of drug-likeness (QED) is 0.634. The number of aryl methyl sites for hydroxylation is 2. The van der Waals surface area contributed by atoms with Crippen molar-refractivity contribution in [3.63, 3.8) is 0 Å². The maximum Gasteiger partial charge on any atom is 0.217 e. The molecule has 2 heterocycles. The van der Waals surface area contributed by atoms with E-state index >= 15 is 0 Å². The molecule has 0 radical (unpaired) electrons. The lowest BCUT2D eigenvalue weighted by Gasteiger charge is -2.17. The van der Waals surface area contributed by atoms with Crippen LogP contribution in [0.4, 0.5) is 5.82 Å². The molecule has 6 heteroatoms. The van der Waals surface area contributed by atoms with Gasteiger partial charge in [0.2, 0.25) is 5.91 Å². The van der Waals surface area contributed by atoms with E-state index in [1.54, 1.807) is 6.92 Å². The average molecular weight is 351 g/mol. The summed E-state index contributed by atoms with van der Waals surface area (Å²) in [6.07, 6.45) is 0.845. The Bertz CT molecular complexity index is 917. The summed E-state index contributed by atoms with van der Waals surface area (Å²) in [6, 6.07) is 9.98. The van der Waals surface area contributed by atoms with Crippen LogP contribution in [0.1, 0.15) is 31.5 Å². The number of fused-ring (bicyclic) bond motifs is 1. The normalized spacial score (nSPS) is 12.2. The predicted molar refractivity (Wildman–Crippen MR) is 105 cm³/mol. The maximum absolute atomic E-state index is 11.4. The Morgan fingerprint density at radius 1 is 1.19 bits per heavy atom.